The number of carbonyl (C=O) groups excluding carboxylic acids is 1. The topological polar surface area (TPSA) is 66.6 Å². The Labute approximate surface area is 91.4 Å². The highest BCUT2D eigenvalue weighted by Crippen LogP contribution is 2.17. The predicted octanol–water partition coefficient (Wildman–Crippen LogP) is 0.487. The number of piperidine rings is 1. The number of aliphatic hydroxyl groups excluding tert-OH is 1. The summed E-state index contributed by atoms with van der Waals surface area (Å²) in [5, 5.41) is 9.19. The van der Waals surface area contributed by atoms with Crippen LogP contribution >= 0.6 is 0 Å². The molecule has 2 atom stereocenters. The first-order valence-corrected chi connectivity index (χ1v) is 5.87. The van der Waals surface area contributed by atoms with Crippen molar-refractivity contribution in [2.24, 2.45) is 5.73 Å². The molecule has 1 heterocycles. The summed E-state index contributed by atoms with van der Waals surface area (Å²) in [5.74, 6) is 0.00981. The lowest BCUT2D eigenvalue weighted by Crippen LogP contribution is -2.51. The van der Waals surface area contributed by atoms with Crippen molar-refractivity contribution in [3.63, 3.8) is 0 Å². The van der Waals surface area contributed by atoms with Crippen LogP contribution in [-0.4, -0.2) is 41.1 Å². The van der Waals surface area contributed by atoms with E-state index in [0.29, 0.717) is 0 Å². The quantitative estimate of drug-likeness (QED) is 0.715. The molecule has 0 spiro atoms. The molecule has 88 valence electrons. The predicted molar refractivity (Wildman–Crippen MR) is 59.3 cm³/mol. The van der Waals surface area contributed by atoms with Gasteiger partial charge in [-0.05, 0) is 25.7 Å². The third-order valence-corrected chi connectivity index (χ3v) is 3.04. The van der Waals surface area contributed by atoms with Gasteiger partial charge in [0.05, 0.1) is 18.7 Å². The number of nitrogens with zero attached hydrogens (tertiary/aromatic N) is 1. The summed E-state index contributed by atoms with van der Waals surface area (Å²) in [6.07, 6.45) is 4.68. The van der Waals surface area contributed by atoms with Crippen LogP contribution in [0, 0.1) is 0 Å². The summed E-state index contributed by atoms with van der Waals surface area (Å²) in [4.78, 5) is 13.7. The molecule has 1 aliphatic rings. The molecule has 0 radical (unpaired) electrons. The van der Waals surface area contributed by atoms with Gasteiger partial charge >= 0.3 is 0 Å². The van der Waals surface area contributed by atoms with E-state index in [1.165, 1.54) is 0 Å². The van der Waals surface area contributed by atoms with Gasteiger partial charge in [0.1, 0.15) is 0 Å². The molecule has 0 aromatic carbocycles. The fourth-order valence-electron chi connectivity index (χ4n) is 2.13. The molecule has 1 rings (SSSR count). The number of aliphatic hydroxyl groups is 1. The minimum Gasteiger partial charge on any atom is -0.394 e. The Balaban J connectivity index is 2.55. The molecule has 1 saturated heterocycles. The molecule has 1 unspecified atom stereocenters. The van der Waals surface area contributed by atoms with Gasteiger partial charge in [-0.2, -0.15) is 0 Å². The number of nitrogens with two attached hydrogens (primary N) is 1. The summed E-state index contributed by atoms with van der Waals surface area (Å²) < 4.78 is 0. The second-order valence-electron chi connectivity index (χ2n) is 4.26. The summed E-state index contributed by atoms with van der Waals surface area (Å²) in [7, 11) is 0. The lowest BCUT2D eigenvalue weighted by Gasteiger charge is -2.36. The zero-order valence-electron chi connectivity index (χ0n) is 9.48. The molecular formula is C11H22N2O2. The largest absolute Gasteiger partial charge is 0.394 e. The van der Waals surface area contributed by atoms with Crippen molar-refractivity contribution in [1.29, 1.82) is 0 Å². The number of hydrogen-bond donors (Lipinski definition) is 2. The fourth-order valence-corrected chi connectivity index (χ4v) is 2.13. The van der Waals surface area contributed by atoms with Crippen LogP contribution in [0.25, 0.3) is 0 Å². The van der Waals surface area contributed by atoms with Crippen LogP contribution in [0.4, 0.5) is 0 Å². The molecule has 4 heteroatoms. The lowest BCUT2D eigenvalue weighted by molar-refractivity contribution is -0.137. The number of likely N-dealkylation sites (tertiary alicyclic amines) is 1. The summed E-state index contributed by atoms with van der Waals surface area (Å²) in [5.41, 5.74) is 5.80. The van der Waals surface area contributed by atoms with Crippen LogP contribution in [0.15, 0.2) is 0 Å². The van der Waals surface area contributed by atoms with Gasteiger partial charge in [-0.1, -0.05) is 13.3 Å². The molecular weight excluding hydrogens is 192 g/mol. The van der Waals surface area contributed by atoms with Gasteiger partial charge in [-0.3, -0.25) is 4.79 Å². The summed E-state index contributed by atoms with van der Waals surface area (Å²) >= 11 is 0. The van der Waals surface area contributed by atoms with Gasteiger partial charge in [0, 0.05) is 6.54 Å². The third kappa shape index (κ3) is 3.18. The molecule has 3 N–H and O–H groups in total. The molecule has 1 amide bonds. The van der Waals surface area contributed by atoms with E-state index >= 15 is 0 Å². The first kappa shape index (κ1) is 12.5. The van der Waals surface area contributed by atoms with Crippen molar-refractivity contribution in [3.8, 4) is 0 Å². The van der Waals surface area contributed by atoms with Gasteiger partial charge in [-0.15, -0.1) is 0 Å². The third-order valence-electron chi connectivity index (χ3n) is 3.04. The maximum atomic E-state index is 11.9. The van der Waals surface area contributed by atoms with Gasteiger partial charge < -0.3 is 15.7 Å². The highest BCUT2D eigenvalue weighted by Gasteiger charge is 2.28. The molecule has 0 aromatic rings. The van der Waals surface area contributed by atoms with E-state index in [-0.39, 0.29) is 24.6 Å². The van der Waals surface area contributed by atoms with Gasteiger partial charge in [-0.25, -0.2) is 0 Å². The van der Waals surface area contributed by atoms with Crippen LogP contribution in [0.2, 0.25) is 0 Å². The van der Waals surface area contributed by atoms with E-state index in [4.69, 9.17) is 5.73 Å². The second kappa shape index (κ2) is 6.08. The van der Waals surface area contributed by atoms with Crippen LogP contribution in [-0.2, 0) is 4.79 Å². The maximum Gasteiger partial charge on any atom is 0.239 e. The van der Waals surface area contributed by atoms with Crippen molar-refractivity contribution in [3.05, 3.63) is 0 Å². The van der Waals surface area contributed by atoms with Crippen LogP contribution < -0.4 is 5.73 Å². The molecule has 0 aromatic heterocycles. The van der Waals surface area contributed by atoms with Gasteiger partial charge in [0.2, 0.25) is 5.91 Å². The SMILES string of the molecule is CCC[C@H](N)C(=O)N1CCCCC1CO. The van der Waals surface area contributed by atoms with Crippen molar-refractivity contribution in [2.45, 2.75) is 51.1 Å². The standard InChI is InChI=1S/C11H22N2O2/c1-2-5-10(12)11(15)13-7-4-3-6-9(13)8-14/h9-10,14H,2-8,12H2,1H3/t9?,10-/m0/s1. The molecule has 0 bridgehead atoms. The monoisotopic (exact) mass is 214 g/mol. The Morgan fingerprint density at radius 2 is 2.33 bits per heavy atom. The molecule has 15 heavy (non-hydrogen) atoms. The number of hydrogen-bond acceptors (Lipinski definition) is 3. The highest BCUT2D eigenvalue weighted by molar-refractivity contribution is 5.82. The van der Waals surface area contributed by atoms with Crippen molar-refractivity contribution in [1.82, 2.24) is 4.90 Å². The number of amides is 1. The molecule has 1 aliphatic heterocycles. The summed E-state index contributed by atoms with van der Waals surface area (Å²) in [6, 6.07) is -0.392. The van der Waals surface area contributed by atoms with E-state index < -0.39 is 0 Å². The second-order valence-corrected chi connectivity index (χ2v) is 4.26. The molecule has 0 aliphatic carbocycles. The van der Waals surface area contributed by atoms with Crippen molar-refractivity contribution >= 4 is 5.91 Å². The Kier molecular flexibility index (Phi) is 5.05. The zero-order chi connectivity index (χ0) is 11.3. The molecule has 0 saturated carbocycles. The highest BCUT2D eigenvalue weighted by atomic mass is 16.3. The normalized spacial score (nSPS) is 23.9. The smallest absolute Gasteiger partial charge is 0.239 e. The average Bonchev–Trinajstić information content (AvgIpc) is 2.28. The van der Waals surface area contributed by atoms with Crippen molar-refractivity contribution < 1.29 is 9.90 Å². The minimum atomic E-state index is -0.387. The summed E-state index contributed by atoms with van der Waals surface area (Å²) in [6.45, 7) is 2.83. The molecule has 4 nitrogen and oxygen atoms in total. The first-order valence-electron chi connectivity index (χ1n) is 5.87. The van der Waals surface area contributed by atoms with Crippen LogP contribution in [0.3, 0.4) is 0 Å². The fraction of sp³-hybridized carbons (Fsp3) is 0.909. The van der Waals surface area contributed by atoms with E-state index in [0.717, 1.165) is 38.6 Å². The Bertz CT molecular complexity index is 209. The molecule has 1 fully saturated rings. The van der Waals surface area contributed by atoms with Crippen LogP contribution in [0.5, 0.6) is 0 Å². The maximum absolute atomic E-state index is 11.9. The van der Waals surface area contributed by atoms with Crippen molar-refractivity contribution in [2.75, 3.05) is 13.2 Å². The number of carbonyl (C=O) groups is 1. The van der Waals surface area contributed by atoms with E-state index in [2.05, 4.69) is 0 Å². The average molecular weight is 214 g/mol. The Hall–Kier alpha value is -0.610. The van der Waals surface area contributed by atoms with E-state index in [1.807, 2.05) is 6.92 Å². The lowest BCUT2D eigenvalue weighted by atomic mass is 10.0. The Morgan fingerprint density at radius 3 is 2.93 bits per heavy atom. The number of rotatable bonds is 4. The van der Waals surface area contributed by atoms with Gasteiger partial charge in [0.15, 0.2) is 0 Å². The Morgan fingerprint density at radius 1 is 1.60 bits per heavy atom. The van der Waals surface area contributed by atoms with Crippen LogP contribution in [0.1, 0.15) is 39.0 Å². The minimum absolute atomic E-state index is 0.00541. The zero-order valence-corrected chi connectivity index (χ0v) is 9.48. The van der Waals surface area contributed by atoms with E-state index in [1.54, 1.807) is 4.90 Å². The van der Waals surface area contributed by atoms with E-state index in [9.17, 15) is 9.90 Å². The van der Waals surface area contributed by atoms with Gasteiger partial charge in [0.25, 0.3) is 0 Å². The first-order chi connectivity index (χ1) is 7.20.